The van der Waals surface area contributed by atoms with Crippen LogP contribution in [0.2, 0.25) is 0 Å². The molecule has 2 aromatic heterocycles. The predicted molar refractivity (Wildman–Crippen MR) is 119 cm³/mol. The molecule has 0 radical (unpaired) electrons. The number of hydrogen-bond acceptors (Lipinski definition) is 7. The molecule has 1 aromatic carbocycles. The highest BCUT2D eigenvalue weighted by molar-refractivity contribution is 7.14. The average molecular weight is 436 g/mol. The first-order valence-electron chi connectivity index (χ1n) is 9.28. The molecular formula is C22H21N5O3S. The second kappa shape index (κ2) is 8.85. The number of amides is 1. The highest BCUT2D eigenvalue weighted by Gasteiger charge is 2.16. The number of nitrogens with zero attached hydrogens (tertiary/aromatic N) is 3. The molecule has 0 unspecified atom stereocenters. The minimum atomic E-state index is -0.786. The lowest BCUT2D eigenvalue weighted by Gasteiger charge is -2.10. The van der Waals surface area contributed by atoms with Gasteiger partial charge in [0.15, 0.2) is 5.13 Å². The number of benzene rings is 1. The second-order valence-corrected chi connectivity index (χ2v) is 7.66. The molecule has 0 aliphatic heterocycles. The number of nitrogens with two attached hydrogens (primary N) is 1. The Morgan fingerprint density at radius 3 is 2.52 bits per heavy atom. The zero-order chi connectivity index (χ0) is 22.7. The van der Waals surface area contributed by atoms with Crippen molar-refractivity contribution in [1.29, 1.82) is 5.26 Å². The third kappa shape index (κ3) is 4.34. The van der Waals surface area contributed by atoms with Crippen LogP contribution in [0.3, 0.4) is 0 Å². The Labute approximate surface area is 183 Å². The number of methoxy groups -OCH3 is 1. The lowest BCUT2D eigenvalue weighted by molar-refractivity contribution is -0.114. The number of anilines is 1. The van der Waals surface area contributed by atoms with E-state index in [1.54, 1.807) is 25.1 Å². The normalized spacial score (nSPS) is 11.5. The molecule has 3 rings (SSSR count). The number of nitriles is 1. The van der Waals surface area contributed by atoms with Crippen LogP contribution in [-0.4, -0.2) is 28.5 Å². The predicted octanol–water partition coefficient (Wildman–Crippen LogP) is 3.70. The fraction of sp³-hybridized carbons (Fsp3) is 0.182. The number of thiazole rings is 1. The lowest BCUT2D eigenvalue weighted by Crippen LogP contribution is -2.16. The van der Waals surface area contributed by atoms with Gasteiger partial charge in [-0.15, -0.1) is 11.3 Å². The van der Waals surface area contributed by atoms with Crippen molar-refractivity contribution in [3.8, 4) is 23.0 Å². The Morgan fingerprint density at radius 1 is 1.26 bits per heavy atom. The highest BCUT2D eigenvalue weighted by atomic mass is 32.1. The van der Waals surface area contributed by atoms with Crippen LogP contribution in [0.25, 0.3) is 16.9 Å². The molecule has 8 nitrogen and oxygen atoms in total. The Bertz CT molecular complexity index is 1230. The van der Waals surface area contributed by atoms with E-state index < -0.39 is 5.91 Å². The summed E-state index contributed by atoms with van der Waals surface area (Å²) < 4.78 is 6.83. The average Bonchev–Trinajstić information content (AvgIpc) is 3.31. The number of rotatable bonds is 6. The second-order valence-electron chi connectivity index (χ2n) is 6.80. The number of nitrogens with one attached hydrogen (secondary N) is 1. The minimum absolute atomic E-state index is 0.134. The molecule has 0 aliphatic rings. The first-order valence-corrected chi connectivity index (χ1v) is 10.2. The Morgan fingerprint density at radius 2 is 1.94 bits per heavy atom. The summed E-state index contributed by atoms with van der Waals surface area (Å²) in [6.07, 6.45) is 0. The molecule has 0 atom stereocenters. The van der Waals surface area contributed by atoms with Gasteiger partial charge in [-0.25, -0.2) is 9.78 Å². The van der Waals surface area contributed by atoms with E-state index >= 15 is 0 Å². The van der Waals surface area contributed by atoms with Gasteiger partial charge in [-0.1, -0.05) is 0 Å². The van der Waals surface area contributed by atoms with Gasteiger partial charge >= 0.3 is 5.97 Å². The van der Waals surface area contributed by atoms with Crippen LogP contribution in [0.4, 0.5) is 5.13 Å². The van der Waals surface area contributed by atoms with Crippen molar-refractivity contribution in [3.05, 3.63) is 63.9 Å². The maximum atomic E-state index is 11.7. The molecule has 0 bridgehead atoms. The quantitative estimate of drug-likeness (QED) is 0.346. The molecule has 0 aliphatic carbocycles. The van der Waals surface area contributed by atoms with E-state index in [2.05, 4.69) is 14.9 Å². The number of aryl methyl sites for hydroxylation is 1. The molecule has 0 fully saturated rings. The monoisotopic (exact) mass is 435 g/mol. The maximum Gasteiger partial charge on any atom is 0.337 e. The number of esters is 1. The summed E-state index contributed by atoms with van der Waals surface area (Å²) in [4.78, 5) is 27.6. The fourth-order valence-electron chi connectivity index (χ4n) is 3.29. The number of hydrogen-bond donors (Lipinski definition) is 2. The third-order valence-corrected chi connectivity index (χ3v) is 5.54. The molecule has 0 saturated heterocycles. The lowest BCUT2D eigenvalue weighted by atomic mass is 10.2. The van der Waals surface area contributed by atoms with Crippen LogP contribution < -0.4 is 11.1 Å². The van der Waals surface area contributed by atoms with Gasteiger partial charge in [0.2, 0.25) is 0 Å². The van der Waals surface area contributed by atoms with E-state index in [9.17, 15) is 9.59 Å². The largest absolute Gasteiger partial charge is 0.465 e. The van der Waals surface area contributed by atoms with E-state index in [4.69, 9.17) is 15.7 Å². The molecule has 3 N–H and O–H groups in total. The van der Waals surface area contributed by atoms with Crippen LogP contribution in [0.15, 0.2) is 47.0 Å². The summed E-state index contributed by atoms with van der Waals surface area (Å²) in [5, 5.41) is 14.5. The van der Waals surface area contributed by atoms with Gasteiger partial charge < -0.3 is 20.4 Å². The van der Waals surface area contributed by atoms with Crippen LogP contribution in [0.1, 0.15) is 28.7 Å². The Hall–Kier alpha value is -3.90. The van der Waals surface area contributed by atoms with E-state index in [1.807, 2.05) is 37.4 Å². The Kier molecular flexibility index (Phi) is 6.22. The molecule has 1 amide bonds. The minimum Gasteiger partial charge on any atom is -0.465 e. The van der Waals surface area contributed by atoms with Crippen LogP contribution in [0, 0.1) is 25.2 Å². The van der Waals surface area contributed by atoms with Crippen molar-refractivity contribution in [2.24, 2.45) is 5.73 Å². The van der Waals surface area contributed by atoms with Gasteiger partial charge in [0.1, 0.15) is 11.6 Å². The molecule has 2 heterocycles. The van der Waals surface area contributed by atoms with E-state index in [1.165, 1.54) is 18.4 Å². The van der Waals surface area contributed by atoms with Crippen LogP contribution in [0.5, 0.6) is 0 Å². The van der Waals surface area contributed by atoms with Crippen molar-refractivity contribution < 1.29 is 14.3 Å². The summed E-state index contributed by atoms with van der Waals surface area (Å²) in [5.41, 5.74) is 10.6. The zero-order valence-corrected chi connectivity index (χ0v) is 18.3. The van der Waals surface area contributed by atoms with Crippen molar-refractivity contribution >= 4 is 28.3 Å². The number of carbonyl (C=O) groups is 2. The standard InChI is InChI=1S/C22H21N5O3S/c1-12-9-17(14(3)27(12)16-7-5-15(6-8-16)21(29)30-4)19-11-31-22(26-19)25-13(2)18(10-23)20(24)28/h5-9,11H,1-4H3,(H2,24,28)(H,25,26)/b18-13+. The SMILES string of the molecule is COC(=O)c1ccc(-n2c(C)cc(-c3csc(N/C(C)=C(\C#N)C(N)=O)n3)c2C)cc1. The zero-order valence-electron chi connectivity index (χ0n) is 17.5. The van der Waals surface area contributed by atoms with Gasteiger partial charge in [0, 0.05) is 33.7 Å². The maximum absolute atomic E-state index is 11.7. The first-order chi connectivity index (χ1) is 14.8. The van der Waals surface area contributed by atoms with E-state index in [0.29, 0.717) is 16.4 Å². The molecule has 31 heavy (non-hydrogen) atoms. The molecule has 3 aromatic rings. The van der Waals surface area contributed by atoms with Crippen molar-refractivity contribution in [3.63, 3.8) is 0 Å². The van der Waals surface area contributed by atoms with Crippen molar-refractivity contribution in [2.45, 2.75) is 20.8 Å². The number of aromatic nitrogens is 2. The summed E-state index contributed by atoms with van der Waals surface area (Å²) in [5.74, 6) is -1.16. The topological polar surface area (TPSA) is 123 Å². The molecule has 0 spiro atoms. The van der Waals surface area contributed by atoms with Gasteiger partial charge in [-0.05, 0) is 51.1 Å². The van der Waals surface area contributed by atoms with Gasteiger partial charge in [-0.3, -0.25) is 4.79 Å². The number of allylic oxidation sites excluding steroid dienone is 1. The van der Waals surface area contributed by atoms with Gasteiger partial charge in [0.25, 0.3) is 5.91 Å². The van der Waals surface area contributed by atoms with E-state index in [0.717, 1.165) is 28.3 Å². The molecule has 158 valence electrons. The van der Waals surface area contributed by atoms with E-state index in [-0.39, 0.29) is 11.5 Å². The van der Waals surface area contributed by atoms with Crippen molar-refractivity contribution in [1.82, 2.24) is 9.55 Å². The number of ether oxygens (including phenoxy) is 1. The number of primary amides is 1. The summed E-state index contributed by atoms with van der Waals surface area (Å²) in [6, 6.07) is 11.0. The van der Waals surface area contributed by atoms with Gasteiger partial charge in [0.05, 0.1) is 18.4 Å². The summed E-state index contributed by atoms with van der Waals surface area (Å²) in [7, 11) is 1.35. The Balaban J connectivity index is 1.92. The number of carbonyl (C=O) groups excluding carboxylic acids is 2. The highest BCUT2D eigenvalue weighted by Crippen LogP contribution is 2.32. The van der Waals surface area contributed by atoms with Crippen molar-refractivity contribution in [2.75, 3.05) is 12.4 Å². The molecule has 9 heteroatoms. The van der Waals surface area contributed by atoms with Crippen LogP contribution in [-0.2, 0) is 9.53 Å². The smallest absolute Gasteiger partial charge is 0.337 e. The van der Waals surface area contributed by atoms with Crippen LogP contribution >= 0.6 is 11.3 Å². The molecule has 0 saturated carbocycles. The summed E-state index contributed by atoms with van der Waals surface area (Å²) >= 11 is 1.36. The first kappa shape index (κ1) is 21.8. The van der Waals surface area contributed by atoms with Gasteiger partial charge in [-0.2, -0.15) is 5.26 Å². The summed E-state index contributed by atoms with van der Waals surface area (Å²) in [6.45, 7) is 5.60. The fourth-order valence-corrected chi connectivity index (χ4v) is 4.05. The molecular weight excluding hydrogens is 414 g/mol. The third-order valence-electron chi connectivity index (χ3n) is 4.79.